The average Bonchev–Trinajstić information content (AvgIpc) is 2.40. The van der Waals surface area contributed by atoms with E-state index < -0.39 is 12.1 Å². The minimum absolute atomic E-state index is 1.19. The number of hydrogen-bond acceptors (Lipinski definition) is 2. The standard InChI is InChI=1S/C11H10N.C2HF3O2/c1-3-7-11(8-4-1)12-9-5-2-6-10-12;3-2(4,5)1(6)7/h1-10H;(H,6,7)/q+1;/p-1. The molecule has 6 heteroatoms. The van der Waals surface area contributed by atoms with E-state index in [1.807, 2.05) is 48.8 Å². The molecular formula is C13H10F3NO2. The van der Waals surface area contributed by atoms with Crippen LogP contribution >= 0.6 is 0 Å². The average molecular weight is 269 g/mol. The summed E-state index contributed by atoms with van der Waals surface area (Å²) < 4.78 is 33.6. The first-order valence-electron chi connectivity index (χ1n) is 5.21. The van der Waals surface area contributed by atoms with Crippen molar-refractivity contribution < 1.29 is 27.6 Å². The van der Waals surface area contributed by atoms with Gasteiger partial charge in [0, 0.05) is 24.3 Å². The Bertz CT molecular complexity index is 475. The fraction of sp³-hybridized carbons (Fsp3) is 0.0769. The van der Waals surface area contributed by atoms with Crippen molar-refractivity contribution in [2.75, 3.05) is 0 Å². The summed E-state index contributed by atoms with van der Waals surface area (Å²) in [6.07, 6.45) is -1.12. The van der Waals surface area contributed by atoms with Crippen molar-refractivity contribution in [3.05, 3.63) is 60.9 Å². The number of pyridine rings is 1. The van der Waals surface area contributed by atoms with Gasteiger partial charge >= 0.3 is 6.18 Å². The van der Waals surface area contributed by atoms with Crippen LogP contribution in [0.3, 0.4) is 0 Å². The van der Waals surface area contributed by atoms with Gasteiger partial charge in [0.2, 0.25) is 5.69 Å². The van der Waals surface area contributed by atoms with E-state index in [0.717, 1.165) is 0 Å². The van der Waals surface area contributed by atoms with Gasteiger partial charge in [0.15, 0.2) is 12.4 Å². The van der Waals surface area contributed by atoms with Crippen molar-refractivity contribution in [3.63, 3.8) is 0 Å². The lowest BCUT2D eigenvalue weighted by atomic mass is 10.3. The highest BCUT2D eigenvalue weighted by Gasteiger charge is 2.28. The molecule has 19 heavy (non-hydrogen) atoms. The maximum atomic E-state index is 10.5. The van der Waals surface area contributed by atoms with E-state index >= 15 is 0 Å². The van der Waals surface area contributed by atoms with E-state index in [-0.39, 0.29) is 0 Å². The van der Waals surface area contributed by atoms with Gasteiger partial charge in [0.25, 0.3) is 0 Å². The van der Waals surface area contributed by atoms with Gasteiger partial charge in [-0.3, -0.25) is 0 Å². The lowest BCUT2D eigenvalue weighted by Gasteiger charge is -2.03. The molecule has 0 amide bonds. The predicted molar refractivity (Wildman–Crippen MR) is 59.0 cm³/mol. The second-order valence-corrected chi connectivity index (χ2v) is 3.40. The van der Waals surface area contributed by atoms with E-state index in [2.05, 4.69) is 16.7 Å². The molecule has 1 heterocycles. The molecule has 2 rings (SSSR count). The molecule has 0 aliphatic heterocycles. The number of rotatable bonds is 1. The number of para-hydroxylation sites is 1. The van der Waals surface area contributed by atoms with Gasteiger partial charge in [-0.25, -0.2) is 0 Å². The Morgan fingerprint density at radius 1 is 0.947 bits per heavy atom. The van der Waals surface area contributed by atoms with E-state index in [9.17, 15) is 13.2 Å². The zero-order valence-electron chi connectivity index (χ0n) is 9.67. The number of carbonyl (C=O) groups excluding carboxylic acids is 1. The van der Waals surface area contributed by atoms with Crippen molar-refractivity contribution in [1.82, 2.24) is 0 Å². The summed E-state index contributed by atoms with van der Waals surface area (Å²) in [5, 5.41) is 8.78. The second-order valence-electron chi connectivity index (χ2n) is 3.40. The third-order valence-electron chi connectivity index (χ3n) is 2.00. The van der Waals surface area contributed by atoms with Crippen LogP contribution in [0.2, 0.25) is 0 Å². The van der Waals surface area contributed by atoms with E-state index in [1.165, 1.54) is 5.69 Å². The number of carboxylic acids is 1. The molecule has 0 aliphatic rings. The van der Waals surface area contributed by atoms with Crippen LogP contribution < -0.4 is 9.67 Å². The normalized spacial score (nSPS) is 10.3. The largest absolute Gasteiger partial charge is 0.542 e. The summed E-state index contributed by atoms with van der Waals surface area (Å²) in [6.45, 7) is 0. The van der Waals surface area contributed by atoms with Crippen molar-refractivity contribution >= 4 is 5.97 Å². The smallest absolute Gasteiger partial charge is 0.430 e. The van der Waals surface area contributed by atoms with Gasteiger partial charge < -0.3 is 9.90 Å². The molecule has 0 saturated carbocycles. The number of benzene rings is 1. The molecule has 100 valence electrons. The molecule has 0 atom stereocenters. The summed E-state index contributed by atoms with van der Waals surface area (Å²) >= 11 is 0. The minimum Gasteiger partial charge on any atom is -0.542 e. The van der Waals surface area contributed by atoms with E-state index in [1.54, 1.807) is 0 Å². The SMILES string of the molecule is O=C([O-])C(F)(F)F.c1ccc(-[n+]2ccccc2)cc1. The van der Waals surface area contributed by atoms with Crippen LogP contribution in [0.5, 0.6) is 0 Å². The molecule has 0 aliphatic carbocycles. The van der Waals surface area contributed by atoms with Gasteiger partial charge in [0.1, 0.15) is 5.97 Å². The number of aromatic nitrogens is 1. The Morgan fingerprint density at radius 3 is 1.79 bits per heavy atom. The molecule has 0 unspecified atom stereocenters. The van der Waals surface area contributed by atoms with Crippen LogP contribution in [0.1, 0.15) is 0 Å². The van der Waals surface area contributed by atoms with Crippen molar-refractivity contribution in [2.45, 2.75) is 6.18 Å². The Balaban J connectivity index is 0.000000224. The highest BCUT2D eigenvalue weighted by Crippen LogP contribution is 2.11. The summed E-state index contributed by atoms with van der Waals surface area (Å²) in [5.41, 5.74) is 1.19. The first-order valence-corrected chi connectivity index (χ1v) is 5.21. The van der Waals surface area contributed by atoms with Crippen molar-refractivity contribution in [1.29, 1.82) is 0 Å². The molecular weight excluding hydrogens is 259 g/mol. The zero-order chi connectivity index (χ0) is 14.3. The fourth-order valence-corrected chi connectivity index (χ4v) is 1.17. The third-order valence-corrected chi connectivity index (χ3v) is 2.00. The van der Waals surface area contributed by atoms with E-state index in [0.29, 0.717) is 0 Å². The number of carboxylic acid groups (broad SMARTS) is 1. The lowest BCUT2D eigenvalue weighted by Crippen LogP contribution is -2.37. The number of hydrogen-bond donors (Lipinski definition) is 0. The quantitative estimate of drug-likeness (QED) is 0.732. The first-order chi connectivity index (χ1) is 8.91. The molecule has 1 aromatic heterocycles. The van der Waals surface area contributed by atoms with Crippen LogP contribution in [-0.4, -0.2) is 12.1 Å². The Morgan fingerprint density at radius 2 is 1.37 bits per heavy atom. The van der Waals surface area contributed by atoms with Crippen molar-refractivity contribution in [3.8, 4) is 5.69 Å². The highest BCUT2D eigenvalue weighted by molar-refractivity contribution is 5.70. The molecule has 0 saturated heterocycles. The number of carbonyl (C=O) groups is 1. The maximum Gasteiger partial charge on any atom is 0.430 e. The zero-order valence-corrected chi connectivity index (χ0v) is 9.67. The lowest BCUT2D eigenvalue weighted by molar-refractivity contribution is -0.595. The summed E-state index contributed by atoms with van der Waals surface area (Å²) in [6, 6.07) is 16.3. The Labute approximate surface area is 107 Å². The van der Waals surface area contributed by atoms with Gasteiger partial charge in [-0.05, 0) is 0 Å². The van der Waals surface area contributed by atoms with Crippen molar-refractivity contribution in [2.24, 2.45) is 0 Å². The van der Waals surface area contributed by atoms with Crippen LogP contribution in [0, 0.1) is 0 Å². The molecule has 3 nitrogen and oxygen atoms in total. The van der Waals surface area contributed by atoms with E-state index in [4.69, 9.17) is 9.90 Å². The highest BCUT2D eigenvalue weighted by atomic mass is 19.4. The van der Waals surface area contributed by atoms with Crippen LogP contribution in [0.4, 0.5) is 13.2 Å². The second kappa shape index (κ2) is 6.53. The fourth-order valence-electron chi connectivity index (χ4n) is 1.17. The number of nitrogens with zero attached hydrogens (tertiary/aromatic N) is 1. The Hall–Kier alpha value is -2.37. The van der Waals surface area contributed by atoms with Crippen LogP contribution in [0.25, 0.3) is 5.69 Å². The molecule has 0 spiro atoms. The molecule has 0 bridgehead atoms. The predicted octanol–water partition coefficient (Wildman–Crippen LogP) is 1.26. The van der Waals surface area contributed by atoms with Gasteiger partial charge in [-0.1, -0.05) is 24.3 Å². The third kappa shape index (κ3) is 5.20. The minimum atomic E-state index is -5.19. The first kappa shape index (κ1) is 14.7. The molecule has 1 aromatic carbocycles. The van der Waals surface area contributed by atoms with Gasteiger partial charge in [0.05, 0.1) is 0 Å². The molecule has 0 N–H and O–H groups in total. The van der Waals surface area contributed by atoms with Crippen LogP contribution in [-0.2, 0) is 4.79 Å². The van der Waals surface area contributed by atoms with Gasteiger partial charge in [-0.2, -0.15) is 17.7 Å². The topological polar surface area (TPSA) is 44.0 Å². The monoisotopic (exact) mass is 269 g/mol. The summed E-state index contributed by atoms with van der Waals surface area (Å²) in [4.78, 5) is 8.78. The number of alkyl halides is 3. The number of halogens is 3. The Kier molecular flexibility index (Phi) is 5.05. The maximum absolute atomic E-state index is 10.5. The molecule has 2 aromatic rings. The molecule has 0 fully saturated rings. The van der Waals surface area contributed by atoms with Gasteiger partial charge in [-0.15, -0.1) is 0 Å². The summed E-state index contributed by atoms with van der Waals surface area (Å²) in [5.74, 6) is -3.01. The molecule has 0 radical (unpaired) electrons. The summed E-state index contributed by atoms with van der Waals surface area (Å²) in [7, 11) is 0. The van der Waals surface area contributed by atoms with Crippen LogP contribution in [0.15, 0.2) is 60.9 Å². The number of aliphatic carboxylic acids is 1.